The third-order valence-electron chi connectivity index (χ3n) is 3.08. The largest absolute Gasteiger partial charge is 0.494 e. The number of rotatable bonds is 7. The van der Waals surface area contributed by atoms with Crippen LogP contribution in [0.5, 0.6) is 5.75 Å². The molecule has 0 aliphatic carbocycles. The maximum Gasteiger partial charge on any atom is 0.124 e. The Hall–Kier alpha value is -0.550. The van der Waals surface area contributed by atoms with E-state index in [0.717, 1.165) is 33.1 Å². The van der Waals surface area contributed by atoms with Crippen LogP contribution in [0.3, 0.4) is 0 Å². The zero-order chi connectivity index (χ0) is 15.2. The molecular weight excluding hydrogens is 370 g/mol. The van der Waals surface area contributed by atoms with Crippen LogP contribution in [-0.4, -0.2) is 13.2 Å². The molecule has 0 spiro atoms. The van der Waals surface area contributed by atoms with Gasteiger partial charge in [-0.15, -0.1) is 11.3 Å². The van der Waals surface area contributed by atoms with Gasteiger partial charge >= 0.3 is 0 Å². The lowest BCUT2D eigenvalue weighted by Crippen LogP contribution is -2.23. The van der Waals surface area contributed by atoms with E-state index in [4.69, 9.17) is 16.3 Å². The van der Waals surface area contributed by atoms with E-state index in [2.05, 4.69) is 34.2 Å². The van der Waals surface area contributed by atoms with Gasteiger partial charge in [-0.25, -0.2) is 0 Å². The maximum atomic E-state index is 6.20. The predicted molar refractivity (Wildman–Crippen MR) is 94.8 cm³/mol. The summed E-state index contributed by atoms with van der Waals surface area (Å²) in [5, 5.41) is 4.35. The van der Waals surface area contributed by atoms with Crippen LogP contribution in [0.25, 0.3) is 0 Å². The van der Waals surface area contributed by atoms with Gasteiger partial charge in [0.1, 0.15) is 5.75 Å². The summed E-state index contributed by atoms with van der Waals surface area (Å²) >= 11 is 11.4. The molecule has 0 aliphatic heterocycles. The quantitative estimate of drug-likeness (QED) is 0.661. The lowest BCUT2D eigenvalue weighted by atomic mass is 10.0. The van der Waals surface area contributed by atoms with Gasteiger partial charge in [0.2, 0.25) is 0 Å². The molecular formula is C16H19BrClNOS. The van der Waals surface area contributed by atoms with Crippen LogP contribution >= 0.6 is 38.9 Å². The zero-order valence-corrected chi connectivity index (χ0v) is 15.3. The summed E-state index contributed by atoms with van der Waals surface area (Å²) in [5.41, 5.74) is 1.15. The summed E-state index contributed by atoms with van der Waals surface area (Å²) in [6, 6.07) is 10.3. The molecule has 0 amide bonds. The minimum absolute atomic E-state index is 0.0986. The smallest absolute Gasteiger partial charge is 0.124 e. The van der Waals surface area contributed by atoms with Crippen molar-refractivity contribution in [2.75, 3.05) is 13.2 Å². The molecule has 2 aromatic rings. The van der Waals surface area contributed by atoms with Crippen LogP contribution in [0.4, 0.5) is 0 Å². The predicted octanol–water partition coefficient (Wildman–Crippen LogP) is 5.65. The zero-order valence-electron chi connectivity index (χ0n) is 12.2. The number of thiophene rings is 1. The van der Waals surface area contributed by atoms with Gasteiger partial charge < -0.3 is 10.1 Å². The van der Waals surface area contributed by atoms with Crippen molar-refractivity contribution in [2.45, 2.75) is 26.3 Å². The Kier molecular flexibility index (Phi) is 6.55. The van der Waals surface area contributed by atoms with Crippen molar-refractivity contribution in [2.24, 2.45) is 0 Å². The highest BCUT2D eigenvalue weighted by Gasteiger charge is 2.20. The standard InChI is InChI=1S/C16H19BrClNOS/c1-3-9-19-15(14-10-12(18)16(17)21-14)11-7-5-6-8-13(11)20-4-2/h5-8,10,15,19H,3-4,9H2,1-2H3. The molecule has 1 N–H and O–H groups in total. The summed E-state index contributed by atoms with van der Waals surface area (Å²) in [6.07, 6.45) is 1.08. The highest BCUT2D eigenvalue weighted by atomic mass is 79.9. The van der Waals surface area contributed by atoms with Crippen molar-refractivity contribution in [3.8, 4) is 5.75 Å². The Morgan fingerprint density at radius 1 is 1.33 bits per heavy atom. The summed E-state index contributed by atoms with van der Waals surface area (Å²) in [5.74, 6) is 0.925. The minimum atomic E-state index is 0.0986. The molecule has 2 rings (SSSR count). The van der Waals surface area contributed by atoms with Crippen LogP contribution in [0, 0.1) is 0 Å². The average molecular weight is 389 g/mol. The highest BCUT2D eigenvalue weighted by Crippen LogP contribution is 2.39. The molecule has 0 aliphatic rings. The Morgan fingerprint density at radius 2 is 2.10 bits per heavy atom. The molecule has 114 valence electrons. The monoisotopic (exact) mass is 387 g/mol. The molecule has 1 atom stereocenters. The van der Waals surface area contributed by atoms with Crippen LogP contribution in [0.2, 0.25) is 5.02 Å². The first-order valence-electron chi connectivity index (χ1n) is 7.07. The second-order valence-electron chi connectivity index (χ2n) is 4.63. The summed E-state index contributed by atoms with van der Waals surface area (Å²) in [4.78, 5) is 1.19. The minimum Gasteiger partial charge on any atom is -0.494 e. The van der Waals surface area contributed by atoms with Gasteiger partial charge in [0, 0.05) is 10.4 Å². The van der Waals surface area contributed by atoms with Gasteiger partial charge in [-0.2, -0.15) is 0 Å². The van der Waals surface area contributed by atoms with E-state index >= 15 is 0 Å². The molecule has 2 nitrogen and oxygen atoms in total. The third-order valence-corrected chi connectivity index (χ3v) is 5.62. The van der Waals surface area contributed by atoms with Crippen molar-refractivity contribution in [3.63, 3.8) is 0 Å². The van der Waals surface area contributed by atoms with Gasteiger partial charge in [-0.05, 0) is 48.0 Å². The Bertz CT molecular complexity index is 568. The number of halogens is 2. The van der Waals surface area contributed by atoms with E-state index in [1.54, 1.807) is 11.3 Å². The Morgan fingerprint density at radius 3 is 2.71 bits per heavy atom. The lowest BCUT2D eigenvalue weighted by molar-refractivity contribution is 0.333. The molecule has 0 saturated heterocycles. The van der Waals surface area contributed by atoms with E-state index < -0.39 is 0 Å². The molecule has 0 bridgehead atoms. The normalized spacial score (nSPS) is 12.4. The number of hydrogen-bond donors (Lipinski definition) is 1. The molecule has 1 aromatic carbocycles. The SMILES string of the molecule is CCCNC(c1cc(Cl)c(Br)s1)c1ccccc1OCC. The van der Waals surface area contributed by atoms with E-state index in [-0.39, 0.29) is 6.04 Å². The molecule has 0 saturated carbocycles. The second-order valence-corrected chi connectivity index (χ2v) is 7.44. The average Bonchev–Trinajstić information content (AvgIpc) is 2.81. The Labute approximate surface area is 143 Å². The molecule has 1 unspecified atom stereocenters. The first-order valence-corrected chi connectivity index (χ1v) is 9.05. The van der Waals surface area contributed by atoms with E-state index in [9.17, 15) is 0 Å². The topological polar surface area (TPSA) is 21.3 Å². The van der Waals surface area contributed by atoms with Crippen LogP contribution < -0.4 is 10.1 Å². The van der Waals surface area contributed by atoms with Crippen molar-refractivity contribution in [1.82, 2.24) is 5.32 Å². The second kappa shape index (κ2) is 8.18. The van der Waals surface area contributed by atoms with Crippen molar-refractivity contribution in [1.29, 1.82) is 0 Å². The van der Waals surface area contributed by atoms with Crippen molar-refractivity contribution in [3.05, 3.63) is 49.6 Å². The molecule has 0 radical (unpaired) electrons. The van der Waals surface area contributed by atoms with Crippen molar-refractivity contribution >= 4 is 38.9 Å². The van der Waals surface area contributed by atoms with E-state index in [1.165, 1.54) is 4.88 Å². The van der Waals surface area contributed by atoms with Gasteiger partial charge in [0.25, 0.3) is 0 Å². The first-order chi connectivity index (χ1) is 10.2. The lowest BCUT2D eigenvalue weighted by Gasteiger charge is -2.20. The molecule has 21 heavy (non-hydrogen) atoms. The number of hydrogen-bond acceptors (Lipinski definition) is 3. The maximum absolute atomic E-state index is 6.20. The molecule has 1 heterocycles. The number of para-hydroxylation sites is 1. The third kappa shape index (κ3) is 4.22. The summed E-state index contributed by atoms with van der Waals surface area (Å²) in [7, 11) is 0. The van der Waals surface area contributed by atoms with E-state index in [1.807, 2.05) is 31.2 Å². The van der Waals surface area contributed by atoms with Crippen LogP contribution in [-0.2, 0) is 0 Å². The molecule has 1 aromatic heterocycles. The fourth-order valence-electron chi connectivity index (χ4n) is 2.16. The summed E-state index contributed by atoms with van der Waals surface area (Å²) in [6.45, 7) is 5.77. The molecule has 5 heteroatoms. The number of nitrogens with one attached hydrogen (secondary N) is 1. The highest BCUT2D eigenvalue weighted by molar-refractivity contribution is 9.11. The number of benzene rings is 1. The van der Waals surface area contributed by atoms with Crippen LogP contribution in [0.15, 0.2) is 34.1 Å². The molecule has 0 fully saturated rings. The fourth-order valence-corrected chi connectivity index (χ4v) is 4.01. The van der Waals surface area contributed by atoms with E-state index in [0.29, 0.717) is 6.61 Å². The van der Waals surface area contributed by atoms with Gasteiger partial charge in [0.05, 0.1) is 21.5 Å². The number of ether oxygens (including phenoxy) is 1. The van der Waals surface area contributed by atoms with Gasteiger partial charge in [0.15, 0.2) is 0 Å². The van der Waals surface area contributed by atoms with Crippen molar-refractivity contribution < 1.29 is 4.74 Å². The van der Waals surface area contributed by atoms with Gasteiger partial charge in [-0.3, -0.25) is 0 Å². The van der Waals surface area contributed by atoms with Gasteiger partial charge in [-0.1, -0.05) is 36.7 Å². The fraction of sp³-hybridized carbons (Fsp3) is 0.375. The van der Waals surface area contributed by atoms with Crippen LogP contribution in [0.1, 0.15) is 36.8 Å². The first kappa shape index (κ1) is 16.8. The summed E-state index contributed by atoms with van der Waals surface area (Å²) < 4.78 is 6.75. The Balaban J connectivity index is 2.40.